The van der Waals surface area contributed by atoms with Crippen molar-refractivity contribution in [2.45, 2.75) is 13.0 Å². The number of benzene rings is 1. The molecule has 2 aromatic rings. The Morgan fingerprint density at radius 2 is 2.23 bits per heavy atom. The van der Waals surface area contributed by atoms with Crippen molar-refractivity contribution in [3.05, 3.63) is 35.8 Å². The lowest BCUT2D eigenvalue weighted by molar-refractivity contribution is 0.200. The number of aromatic amines is 1. The molecule has 2 N–H and O–H groups in total. The summed E-state index contributed by atoms with van der Waals surface area (Å²) >= 11 is 0. The van der Waals surface area contributed by atoms with Crippen LogP contribution in [0.2, 0.25) is 0 Å². The highest BCUT2D eigenvalue weighted by atomic mass is 19.1. The van der Waals surface area contributed by atoms with Gasteiger partial charge in [0.05, 0.1) is 6.10 Å². The molecule has 0 aliphatic carbocycles. The van der Waals surface area contributed by atoms with Crippen molar-refractivity contribution < 1.29 is 9.50 Å². The predicted molar refractivity (Wildman–Crippen MR) is 48.9 cm³/mol. The zero-order valence-electron chi connectivity index (χ0n) is 7.21. The third-order valence-electron chi connectivity index (χ3n) is 2.14. The van der Waals surface area contributed by atoms with E-state index in [0.717, 1.165) is 5.52 Å². The molecule has 0 radical (unpaired) electrons. The molecule has 1 atom stereocenters. The zero-order valence-corrected chi connectivity index (χ0v) is 7.21. The molecule has 0 unspecified atom stereocenters. The van der Waals surface area contributed by atoms with E-state index in [1.807, 2.05) is 0 Å². The lowest BCUT2D eigenvalue weighted by Gasteiger charge is -2.01. The third kappa shape index (κ3) is 1.21. The second-order valence-corrected chi connectivity index (χ2v) is 3.08. The van der Waals surface area contributed by atoms with Crippen LogP contribution in [-0.4, -0.2) is 10.1 Å². The van der Waals surface area contributed by atoms with Crippen molar-refractivity contribution in [1.82, 2.24) is 4.98 Å². The minimum absolute atomic E-state index is 0.297. The maximum absolute atomic E-state index is 13.3. The zero-order chi connectivity index (χ0) is 9.42. The Hall–Kier alpha value is -1.35. The molecule has 0 amide bonds. The van der Waals surface area contributed by atoms with Crippen molar-refractivity contribution in [3.8, 4) is 0 Å². The SMILES string of the molecule is C[C@@H](O)c1c[nH]c2cccc(F)c12. The number of aliphatic hydroxyl groups is 1. The number of hydrogen-bond donors (Lipinski definition) is 2. The van der Waals surface area contributed by atoms with E-state index in [4.69, 9.17) is 0 Å². The van der Waals surface area contributed by atoms with Crippen LogP contribution in [0, 0.1) is 5.82 Å². The van der Waals surface area contributed by atoms with Gasteiger partial charge in [-0.2, -0.15) is 0 Å². The van der Waals surface area contributed by atoms with Gasteiger partial charge in [0.1, 0.15) is 5.82 Å². The van der Waals surface area contributed by atoms with E-state index in [-0.39, 0.29) is 5.82 Å². The van der Waals surface area contributed by atoms with Crippen molar-refractivity contribution in [2.24, 2.45) is 0 Å². The van der Waals surface area contributed by atoms with Gasteiger partial charge in [-0.25, -0.2) is 4.39 Å². The van der Waals surface area contributed by atoms with Gasteiger partial charge in [-0.15, -0.1) is 0 Å². The fraction of sp³-hybridized carbons (Fsp3) is 0.200. The van der Waals surface area contributed by atoms with Gasteiger partial charge in [-0.3, -0.25) is 0 Å². The van der Waals surface area contributed by atoms with Gasteiger partial charge in [0.15, 0.2) is 0 Å². The molecule has 1 aromatic heterocycles. The van der Waals surface area contributed by atoms with Crippen LogP contribution in [0.5, 0.6) is 0 Å². The molecule has 2 nitrogen and oxygen atoms in total. The summed E-state index contributed by atoms with van der Waals surface area (Å²) in [5, 5.41) is 9.83. The molecule has 0 aliphatic rings. The summed E-state index contributed by atoms with van der Waals surface area (Å²) in [6.45, 7) is 1.62. The number of nitrogens with one attached hydrogen (secondary N) is 1. The fourth-order valence-corrected chi connectivity index (χ4v) is 1.49. The Morgan fingerprint density at radius 3 is 2.92 bits per heavy atom. The maximum atomic E-state index is 13.3. The third-order valence-corrected chi connectivity index (χ3v) is 2.14. The fourth-order valence-electron chi connectivity index (χ4n) is 1.49. The number of aliphatic hydroxyl groups excluding tert-OH is 1. The Kier molecular flexibility index (Phi) is 1.81. The first kappa shape index (κ1) is 8.26. The van der Waals surface area contributed by atoms with E-state index in [2.05, 4.69) is 4.98 Å². The number of H-pyrrole nitrogens is 1. The summed E-state index contributed by atoms with van der Waals surface area (Å²) < 4.78 is 13.3. The molecule has 0 bridgehead atoms. The summed E-state index contributed by atoms with van der Waals surface area (Å²) in [5.74, 6) is -0.297. The first-order chi connectivity index (χ1) is 6.20. The quantitative estimate of drug-likeness (QED) is 0.692. The molecule has 0 saturated carbocycles. The molecule has 0 spiro atoms. The van der Waals surface area contributed by atoms with Gasteiger partial charge in [0.25, 0.3) is 0 Å². The molecule has 1 heterocycles. The summed E-state index contributed by atoms with van der Waals surface area (Å²) in [4.78, 5) is 2.91. The number of aromatic nitrogens is 1. The summed E-state index contributed by atoms with van der Waals surface area (Å²) in [6, 6.07) is 4.81. The monoisotopic (exact) mass is 179 g/mol. The highest BCUT2D eigenvalue weighted by molar-refractivity contribution is 5.84. The lowest BCUT2D eigenvalue weighted by Crippen LogP contribution is -1.89. The molecule has 0 aliphatic heterocycles. The molecule has 13 heavy (non-hydrogen) atoms. The largest absolute Gasteiger partial charge is 0.389 e. The van der Waals surface area contributed by atoms with Crippen LogP contribution >= 0.6 is 0 Å². The topological polar surface area (TPSA) is 36.0 Å². The normalized spacial score (nSPS) is 13.5. The van der Waals surface area contributed by atoms with E-state index in [9.17, 15) is 9.50 Å². The number of fused-ring (bicyclic) bond motifs is 1. The molecule has 2 rings (SSSR count). The van der Waals surface area contributed by atoms with Crippen LogP contribution in [0.1, 0.15) is 18.6 Å². The van der Waals surface area contributed by atoms with E-state index in [1.54, 1.807) is 25.3 Å². The highest BCUT2D eigenvalue weighted by Crippen LogP contribution is 2.25. The van der Waals surface area contributed by atoms with Crippen LogP contribution in [0.15, 0.2) is 24.4 Å². The van der Waals surface area contributed by atoms with E-state index < -0.39 is 6.10 Å². The van der Waals surface area contributed by atoms with Crippen LogP contribution in [0.3, 0.4) is 0 Å². The Morgan fingerprint density at radius 1 is 1.46 bits per heavy atom. The second-order valence-electron chi connectivity index (χ2n) is 3.08. The predicted octanol–water partition coefficient (Wildman–Crippen LogP) is 2.36. The standard InChI is InChI=1S/C10H10FNO/c1-6(13)7-5-12-9-4-2-3-8(11)10(7)9/h2-6,12-13H,1H3/t6-/m1/s1. The first-order valence-corrected chi connectivity index (χ1v) is 4.13. The number of halogens is 1. The van der Waals surface area contributed by atoms with Gasteiger partial charge in [0, 0.05) is 22.7 Å². The van der Waals surface area contributed by atoms with Crippen molar-refractivity contribution >= 4 is 10.9 Å². The molecule has 0 fully saturated rings. The van der Waals surface area contributed by atoms with Crippen LogP contribution in [-0.2, 0) is 0 Å². The molecule has 0 saturated heterocycles. The van der Waals surface area contributed by atoms with Crippen molar-refractivity contribution in [2.75, 3.05) is 0 Å². The Bertz CT molecular complexity index is 433. The second kappa shape index (κ2) is 2.85. The first-order valence-electron chi connectivity index (χ1n) is 4.13. The average Bonchev–Trinajstić information content (AvgIpc) is 2.49. The maximum Gasteiger partial charge on any atom is 0.132 e. The number of rotatable bonds is 1. The molecular weight excluding hydrogens is 169 g/mol. The van der Waals surface area contributed by atoms with E-state index in [0.29, 0.717) is 10.9 Å². The van der Waals surface area contributed by atoms with Gasteiger partial charge in [0.2, 0.25) is 0 Å². The Labute approximate surface area is 75.0 Å². The average molecular weight is 179 g/mol. The Balaban J connectivity index is 2.79. The smallest absolute Gasteiger partial charge is 0.132 e. The van der Waals surface area contributed by atoms with Crippen molar-refractivity contribution in [3.63, 3.8) is 0 Å². The van der Waals surface area contributed by atoms with Gasteiger partial charge in [-0.05, 0) is 19.1 Å². The minimum atomic E-state index is -0.648. The summed E-state index contributed by atoms with van der Waals surface area (Å²) in [5.41, 5.74) is 1.32. The van der Waals surface area contributed by atoms with Gasteiger partial charge >= 0.3 is 0 Å². The van der Waals surface area contributed by atoms with Crippen LogP contribution in [0.25, 0.3) is 10.9 Å². The van der Waals surface area contributed by atoms with Gasteiger partial charge in [-0.1, -0.05) is 6.07 Å². The van der Waals surface area contributed by atoms with Gasteiger partial charge < -0.3 is 10.1 Å². The molecule has 1 aromatic carbocycles. The molecule has 68 valence electrons. The summed E-state index contributed by atoms with van der Waals surface area (Å²) in [6.07, 6.45) is 0.990. The van der Waals surface area contributed by atoms with Crippen LogP contribution < -0.4 is 0 Å². The minimum Gasteiger partial charge on any atom is -0.389 e. The summed E-state index contributed by atoms with van der Waals surface area (Å²) in [7, 11) is 0. The van der Waals surface area contributed by atoms with Crippen LogP contribution in [0.4, 0.5) is 4.39 Å². The van der Waals surface area contributed by atoms with Crippen molar-refractivity contribution in [1.29, 1.82) is 0 Å². The molecule has 3 heteroatoms. The molecular formula is C10H10FNO. The van der Waals surface area contributed by atoms with E-state index in [1.165, 1.54) is 6.07 Å². The lowest BCUT2D eigenvalue weighted by atomic mass is 10.1. The highest BCUT2D eigenvalue weighted by Gasteiger charge is 2.11. The number of hydrogen-bond acceptors (Lipinski definition) is 1. The van der Waals surface area contributed by atoms with E-state index >= 15 is 0 Å².